The number of thioether (sulfide) groups is 1. The second kappa shape index (κ2) is 6.88. The molecule has 2 saturated carbocycles. The molecule has 2 aliphatic carbocycles. The van der Waals surface area contributed by atoms with E-state index in [-0.39, 0.29) is 0 Å². The first-order valence-corrected chi connectivity index (χ1v) is 10.3. The van der Waals surface area contributed by atoms with Gasteiger partial charge < -0.3 is 9.47 Å². The number of imidazole rings is 1. The van der Waals surface area contributed by atoms with Gasteiger partial charge in [0.25, 0.3) is 0 Å². The average molecular weight is 334 g/mol. The second-order valence-corrected chi connectivity index (χ2v) is 8.55. The largest absolute Gasteiger partial charge is 0.341 e. The van der Waals surface area contributed by atoms with E-state index >= 15 is 0 Å². The fraction of sp³-hybridized carbons (Fsp3) is 0.778. The molecule has 1 aliphatic heterocycles. The van der Waals surface area contributed by atoms with E-state index in [0.29, 0.717) is 17.6 Å². The van der Waals surface area contributed by atoms with Gasteiger partial charge in [0, 0.05) is 37.9 Å². The molecule has 0 aromatic carbocycles. The minimum atomic E-state index is 0.334. The maximum atomic E-state index is 12.5. The summed E-state index contributed by atoms with van der Waals surface area (Å²) in [7, 11) is 0. The summed E-state index contributed by atoms with van der Waals surface area (Å²) in [5, 5.41) is 0. The molecule has 0 N–H and O–H groups in total. The summed E-state index contributed by atoms with van der Waals surface area (Å²) in [6, 6.07) is 0. The molecule has 0 unspecified atom stereocenters. The van der Waals surface area contributed by atoms with Gasteiger partial charge in [-0.1, -0.05) is 0 Å². The lowest BCUT2D eigenvalue weighted by Crippen LogP contribution is -2.40. The van der Waals surface area contributed by atoms with Gasteiger partial charge in [0.05, 0.1) is 5.75 Å². The first-order valence-electron chi connectivity index (χ1n) is 9.16. The molecular formula is C18H27N3OS. The predicted molar refractivity (Wildman–Crippen MR) is 93.6 cm³/mol. The lowest BCUT2D eigenvalue weighted by Gasteiger charge is -2.32. The summed E-state index contributed by atoms with van der Waals surface area (Å²) >= 11 is 1.83. The third-order valence-corrected chi connectivity index (χ3v) is 6.47. The van der Waals surface area contributed by atoms with Crippen molar-refractivity contribution >= 4 is 17.7 Å². The van der Waals surface area contributed by atoms with E-state index in [1.54, 1.807) is 0 Å². The smallest absolute Gasteiger partial charge is 0.232 e. The fourth-order valence-corrected chi connectivity index (χ4v) is 4.66. The summed E-state index contributed by atoms with van der Waals surface area (Å²) in [5.74, 6) is 5.57. The van der Waals surface area contributed by atoms with Crippen LogP contribution in [0.5, 0.6) is 0 Å². The van der Waals surface area contributed by atoms with E-state index in [9.17, 15) is 4.79 Å². The van der Waals surface area contributed by atoms with E-state index in [4.69, 9.17) is 0 Å². The zero-order chi connectivity index (χ0) is 15.6. The summed E-state index contributed by atoms with van der Waals surface area (Å²) in [4.78, 5) is 19.2. The Bertz CT molecular complexity index is 550. The highest BCUT2D eigenvalue weighted by atomic mass is 32.2. The lowest BCUT2D eigenvalue weighted by atomic mass is 9.97. The van der Waals surface area contributed by atoms with Crippen molar-refractivity contribution in [1.82, 2.24) is 14.5 Å². The van der Waals surface area contributed by atoms with Crippen molar-refractivity contribution in [3.8, 4) is 0 Å². The zero-order valence-corrected chi connectivity index (χ0v) is 14.6. The van der Waals surface area contributed by atoms with Gasteiger partial charge in [-0.2, -0.15) is 11.8 Å². The van der Waals surface area contributed by atoms with Gasteiger partial charge in [0.2, 0.25) is 5.91 Å². The molecule has 1 amide bonds. The monoisotopic (exact) mass is 333 g/mol. The molecule has 3 aliphatic rings. The molecule has 3 fully saturated rings. The van der Waals surface area contributed by atoms with E-state index in [1.165, 1.54) is 43.7 Å². The Morgan fingerprint density at radius 1 is 1.22 bits per heavy atom. The van der Waals surface area contributed by atoms with Crippen LogP contribution < -0.4 is 0 Å². The topological polar surface area (TPSA) is 38.1 Å². The third kappa shape index (κ3) is 4.11. The molecular weight excluding hydrogens is 306 g/mol. The van der Waals surface area contributed by atoms with Crippen LogP contribution in [0.2, 0.25) is 0 Å². The van der Waals surface area contributed by atoms with Crippen LogP contribution in [0, 0.1) is 11.8 Å². The van der Waals surface area contributed by atoms with Gasteiger partial charge in [-0.25, -0.2) is 4.98 Å². The number of likely N-dealkylation sites (tertiary alicyclic amines) is 1. The predicted octanol–water partition coefficient (Wildman–Crippen LogP) is 3.14. The van der Waals surface area contributed by atoms with E-state index < -0.39 is 0 Å². The number of hydrogen-bond donors (Lipinski definition) is 0. The van der Waals surface area contributed by atoms with Crippen molar-refractivity contribution in [3.05, 3.63) is 18.2 Å². The summed E-state index contributed by atoms with van der Waals surface area (Å²) in [6.07, 6.45) is 11.8. The Morgan fingerprint density at radius 3 is 2.83 bits per heavy atom. The van der Waals surface area contributed by atoms with Crippen molar-refractivity contribution in [1.29, 1.82) is 0 Å². The van der Waals surface area contributed by atoms with Gasteiger partial charge in [-0.3, -0.25) is 4.79 Å². The normalized spacial score (nSPS) is 24.9. The van der Waals surface area contributed by atoms with Crippen molar-refractivity contribution in [2.45, 2.75) is 51.0 Å². The van der Waals surface area contributed by atoms with E-state index in [0.717, 1.165) is 37.9 Å². The molecule has 0 radical (unpaired) electrons. The van der Waals surface area contributed by atoms with Crippen LogP contribution in [-0.2, 0) is 11.3 Å². The number of hydrogen-bond acceptors (Lipinski definition) is 3. The second-order valence-electron chi connectivity index (χ2n) is 7.52. The summed E-state index contributed by atoms with van der Waals surface area (Å²) < 4.78 is 2.35. The van der Waals surface area contributed by atoms with E-state index in [1.807, 2.05) is 18.0 Å². The highest BCUT2D eigenvalue weighted by Crippen LogP contribution is 2.34. The Balaban J connectivity index is 1.32. The van der Waals surface area contributed by atoms with Crippen molar-refractivity contribution in [2.75, 3.05) is 24.6 Å². The Kier molecular flexibility index (Phi) is 4.65. The van der Waals surface area contributed by atoms with Crippen LogP contribution in [0.3, 0.4) is 0 Å². The van der Waals surface area contributed by atoms with Crippen LogP contribution in [0.1, 0.15) is 50.3 Å². The number of carbonyl (C=O) groups excluding carboxylic acids is 1. The van der Waals surface area contributed by atoms with Gasteiger partial charge in [0.1, 0.15) is 5.82 Å². The van der Waals surface area contributed by atoms with Crippen molar-refractivity contribution < 1.29 is 4.79 Å². The van der Waals surface area contributed by atoms with Crippen LogP contribution in [0.15, 0.2) is 12.4 Å². The lowest BCUT2D eigenvalue weighted by molar-refractivity contribution is -0.129. The molecule has 0 spiro atoms. The zero-order valence-electron chi connectivity index (χ0n) is 13.8. The van der Waals surface area contributed by atoms with Crippen molar-refractivity contribution in [3.63, 3.8) is 0 Å². The van der Waals surface area contributed by atoms with Crippen LogP contribution in [0.4, 0.5) is 0 Å². The number of aromatic nitrogens is 2. The maximum Gasteiger partial charge on any atom is 0.232 e. The molecule has 2 heterocycles. The Labute approximate surface area is 143 Å². The third-order valence-electron chi connectivity index (χ3n) is 5.31. The van der Waals surface area contributed by atoms with Crippen molar-refractivity contribution in [2.24, 2.45) is 11.8 Å². The molecule has 1 saturated heterocycles. The number of amides is 1. The number of carbonyl (C=O) groups is 1. The minimum Gasteiger partial charge on any atom is -0.341 e. The Morgan fingerprint density at radius 2 is 2.04 bits per heavy atom. The molecule has 23 heavy (non-hydrogen) atoms. The van der Waals surface area contributed by atoms with Crippen LogP contribution >= 0.6 is 11.8 Å². The Hall–Kier alpha value is -0.970. The number of nitrogens with zero attached hydrogens (tertiary/aromatic N) is 3. The van der Waals surface area contributed by atoms with Gasteiger partial charge >= 0.3 is 0 Å². The molecule has 4 rings (SSSR count). The molecule has 0 bridgehead atoms. The van der Waals surface area contributed by atoms with Gasteiger partial charge in [-0.05, 0) is 56.1 Å². The molecule has 1 atom stereocenters. The summed E-state index contributed by atoms with van der Waals surface area (Å²) in [6.45, 7) is 2.92. The molecule has 4 nitrogen and oxygen atoms in total. The minimum absolute atomic E-state index is 0.334. The number of piperidine rings is 1. The quantitative estimate of drug-likeness (QED) is 0.769. The molecule has 5 heteroatoms. The fourth-order valence-electron chi connectivity index (χ4n) is 3.52. The van der Waals surface area contributed by atoms with E-state index in [2.05, 4.69) is 20.6 Å². The van der Waals surface area contributed by atoms with Gasteiger partial charge in [-0.15, -0.1) is 0 Å². The van der Waals surface area contributed by atoms with Crippen LogP contribution in [-0.4, -0.2) is 45.0 Å². The maximum absolute atomic E-state index is 12.5. The van der Waals surface area contributed by atoms with Crippen LogP contribution in [0.25, 0.3) is 0 Å². The molecule has 1 aromatic heterocycles. The highest BCUT2D eigenvalue weighted by Gasteiger charge is 2.29. The molecule has 126 valence electrons. The van der Waals surface area contributed by atoms with Gasteiger partial charge in [0.15, 0.2) is 0 Å². The number of rotatable bonds is 7. The standard InChI is InChI=1S/C18H27N3OS/c22-17(13-23-12-15-5-6-15)20-8-1-2-16(11-20)18-19-7-9-21(18)10-14-3-4-14/h7,9,14-16H,1-6,8,10-13H2/t16-/m0/s1. The first-order chi connectivity index (χ1) is 11.3. The first kappa shape index (κ1) is 15.6. The molecule has 1 aromatic rings. The summed E-state index contributed by atoms with van der Waals surface area (Å²) in [5.41, 5.74) is 0. The highest BCUT2D eigenvalue weighted by molar-refractivity contribution is 7.99. The SMILES string of the molecule is O=C(CSCC1CC1)N1CCC[C@H](c2nccn2CC2CC2)C1. The average Bonchev–Trinajstić information content (AvgIpc) is 3.48.